The molecule has 0 spiro atoms. The van der Waals surface area contributed by atoms with E-state index in [2.05, 4.69) is 243 Å². The molecule has 0 aliphatic rings. The Bertz CT molecular complexity index is 3870. The van der Waals surface area contributed by atoms with E-state index >= 15 is 0 Å². The molecule has 8 aromatic carbocycles. The summed E-state index contributed by atoms with van der Waals surface area (Å²) < 4.78 is 7.07. The molecule has 74 heavy (non-hydrogen) atoms. The number of furan rings is 1. The third kappa shape index (κ3) is 8.04. The maximum absolute atomic E-state index is 7.07. The number of fused-ring (bicyclic) bond motifs is 3. The third-order valence-corrected chi connectivity index (χ3v) is 18.0. The van der Waals surface area contributed by atoms with Crippen molar-refractivity contribution in [3.05, 3.63) is 103 Å². The lowest BCUT2D eigenvalue weighted by Crippen LogP contribution is -2.57. The van der Waals surface area contributed by atoms with E-state index in [1.165, 1.54) is 132 Å². The highest BCUT2D eigenvalue weighted by molar-refractivity contribution is 6.73. The molecule has 4 nitrogen and oxygen atoms in total. The Balaban J connectivity index is 1.40. The van der Waals surface area contributed by atoms with E-state index in [9.17, 15) is 0 Å². The van der Waals surface area contributed by atoms with Crippen molar-refractivity contribution in [2.24, 2.45) is 0 Å². The number of benzene rings is 8. The normalized spacial score (nSPS) is 11.4. The van der Waals surface area contributed by atoms with E-state index in [4.69, 9.17) is 14.4 Å². The second-order valence-electron chi connectivity index (χ2n) is 21.4. The number of rotatable bonds is 8. The van der Waals surface area contributed by atoms with Gasteiger partial charge in [-0.25, -0.2) is 9.97 Å². The summed E-state index contributed by atoms with van der Waals surface area (Å²) in [5.74, 6) is 0.671. The summed E-state index contributed by atoms with van der Waals surface area (Å²) in [7, 11) is 41.8. The van der Waals surface area contributed by atoms with Crippen LogP contribution in [0.2, 0.25) is 0 Å². The van der Waals surface area contributed by atoms with Crippen LogP contribution in [0.3, 0.4) is 0 Å². The standard InChI is InChI=1S/C52H53B18N3O/c53-32-28(33(54)40(61)44(65)39(32)60)29-36(57)47(68)51(48(69)37(29)58)73(50-31(38(59)43(64)46(67)49(50)70)30-34(55)41(62)45(66)42(63)35(30)56)20-15-22(27-21-13-7-8-14-25(21)74-26(27)16-20)24-17-23(18-9-3-1-4-10-18)71-52(72-24)19-11-5-2-6-12-19/h1-17H,53-70H2. The number of para-hydroxylation sites is 1. The van der Waals surface area contributed by atoms with Gasteiger partial charge in [-0.3, -0.25) is 0 Å². The quantitative estimate of drug-likeness (QED) is 0.142. The molecular formula is C52H53B18N3O. The minimum atomic E-state index is 0.671. The molecule has 0 radical (unpaired) electrons. The molecule has 22 heteroatoms. The second kappa shape index (κ2) is 19.4. The first-order valence-electron chi connectivity index (χ1n) is 26.4. The van der Waals surface area contributed by atoms with Crippen LogP contribution in [0.4, 0.5) is 17.1 Å². The lowest BCUT2D eigenvalue weighted by molar-refractivity contribution is 0.669. The first-order valence-corrected chi connectivity index (χ1v) is 26.4. The molecule has 0 fully saturated rings. The number of nitrogens with zero attached hydrogens (tertiary/aromatic N) is 3. The number of anilines is 3. The smallest absolute Gasteiger partial charge is 0.160 e. The van der Waals surface area contributed by atoms with Gasteiger partial charge in [0.1, 0.15) is 152 Å². The zero-order valence-corrected chi connectivity index (χ0v) is 47.1. The summed E-state index contributed by atoms with van der Waals surface area (Å²) >= 11 is 0. The van der Waals surface area contributed by atoms with Crippen LogP contribution in [0.5, 0.6) is 0 Å². The lowest BCUT2D eigenvalue weighted by Gasteiger charge is -2.38. The Kier molecular flexibility index (Phi) is 13.4. The maximum atomic E-state index is 7.07. The molecule has 0 amide bonds. The predicted molar refractivity (Wildman–Crippen MR) is 378 cm³/mol. The average molecular weight is 931 g/mol. The minimum absolute atomic E-state index is 0.671. The van der Waals surface area contributed by atoms with Gasteiger partial charge in [-0.15, -0.1) is 38.2 Å². The van der Waals surface area contributed by atoms with Crippen molar-refractivity contribution in [1.29, 1.82) is 0 Å². The van der Waals surface area contributed by atoms with Crippen LogP contribution < -0.4 is 103 Å². The van der Waals surface area contributed by atoms with Crippen molar-refractivity contribution in [3.63, 3.8) is 0 Å². The molecule has 0 unspecified atom stereocenters. The van der Waals surface area contributed by atoms with E-state index < -0.39 is 0 Å². The van der Waals surface area contributed by atoms with Crippen molar-refractivity contribution < 1.29 is 4.42 Å². The van der Waals surface area contributed by atoms with Gasteiger partial charge < -0.3 is 9.32 Å². The summed E-state index contributed by atoms with van der Waals surface area (Å²) in [5.41, 5.74) is 38.7. The van der Waals surface area contributed by atoms with E-state index in [1.807, 2.05) is 6.07 Å². The van der Waals surface area contributed by atoms with Crippen molar-refractivity contribution in [3.8, 4) is 56.2 Å². The fraction of sp³-hybridized carbons (Fsp3) is 0. The van der Waals surface area contributed by atoms with Gasteiger partial charge in [-0.1, -0.05) is 139 Å². The SMILES string of the molecule is Bc1c(B)c(B)c(-c2c(B)c(B)c(N(c3cc(-c4cc(-c5ccccc5)nc(-c5ccccc5)n4)c4c(c3)oc3ccccc34)c3c(B)c(B)c(B)c(B)c3-c3c(B)c(B)c(B)c(B)c3B)c(B)c2B)c(B)c1B. The van der Waals surface area contributed by atoms with Crippen LogP contribution in [0, 0.1) is 0 Å². The highest BCUT2D eigenvalue weighted by Gasteiger charge is 2.31. The Labute approximate surface area is 454 Å². The average Bonchev–Trinajstić information content (AvgIpc) is 3.80. The first kappa shape index (κ1) is 51.1. The largest absolute Gasteiger partial charge is 0.456 e. The number of hydrogen-bond acceptors (Lipinski definition) is 4. The summed E-state index contributed by atoms with van der Waals surface area (Å²) in [6.45, 7) is 0. The van der Waals surface area contributed by atoms with Crippen molar-refractivity contribution in [2.75, 3.05) is 4.90 Å². The van der Waals surface area contributed by atoms with Crippen molar-refractivity contribution in [2.45, 2.75) is 0 Å². The molecule has 336 valence electrons. The molecule has 0 aliphatic heterocycles. The molecule has 10 aromatic rings. The Hall–Kier alpha value is -6.39. The van der Waals surface area contributed by atoms with Gasteiger partial charge in [0.2, 0.25) is 0 Å². The Morgan fingerprint density at radius 2 is 0.716 bits per heavy atom. The Morgan fingerprint density at radius 1 is 0.324 bits per heavy atom. The molecule has 0 bridgehead atoms. The van der Waals surface area contributed by atoms with Gasteiger partial charge in [-0.2, -0.15) is 0 Å². The van der Waals surface area contributed by atoms with Gasteiger partial charge in [0.15, 0.2) is 5.82 Å². The van der Waals surface area contributed by atoms with Gasteiger partial charge >= 0.3 is 0 Å². The van der Waals surface area contributed by atoms with Gasteiger partial charge in [0.25, 0.3) is 0 Å². The molecule has 0 saturated heterocycles. The third-order valence-electron chi connectivity index (χ3n) is 18.0. The van der Waals surface area contributed by atoms with Gasteiger partial charge in [-0.05, 0) is 40.5 Å². The fourth-order valence-electron chi connectivity index (χ4n) is 12.2. The van der Waals surface area contributed by atoms with Gasteiger partial charge in [0.05, 0.1) is 17.1 Å². The summed E-state index contributed by atoms with van der Waals surface area (Å²) in [4.78, 5) is 13.4. The molecule has 0 atom stereocenters. The molecule has 2 heterocycles. The maximum Gasteiger partial charge on any atom is 0.160 e. The van der Waals surface area contributed by atoms with E-state index in [-0.39, 0.29) is 0 Å². The monoisotopic (exact) mass is 934 g/mol. The zero-order chi connectivity index (χ0) is 52.9. The second-order valence-corrected chi connectivity index (χ2v) is 21.4. The van der Waals surface area contributed by atoms with E-state index in [0.717, 1.165) is 55.7 Å². The van der Waals surface area contributed by atoms with Crippen molar-refractivity contribution in [1.82, 2.24) is 9.97 Å². The van der Waals surface area contributed by atoms with Crippen LogP contribution in [-0.2, 0) is 0 Å². The molecular weight excluding hydrogens is 877 g/mol. The van der Waals surface area contributed by atoms with E-state index in [1.54, 1.807) is 0 Å². The zero-order valence-electron chi connectivity index (χ0n) is 47.1. The van der Waals surface area contributed by atoms with Crippen LogP contribution in [0.1, 0.15) is 0 Å². The molecule has 10 rings (SSSR count). The first-order chi connectivity index (χ1) is 35.2. The highest BCUT2D eigenvalue weighted by Crippen LogP contribution is 2.44. The van der Waals surface area contributed by atoms with Gasteiger partial charge in [0, 0.05) is 44.9 Å². The van der Waals surface area contributed by atoms with Crippen LogP contribution in [0.25, 0.3) is 78.1 Å². The molecule has 0 aliphatic carbocycles. The summed E-state index contributed by atoms with van der Waals surface area (Å²) in [5, 5.41) is 2.07. The Morgan fingerprint density at radius 3 is 1.24 bits per heavy atom. The number of aromatic nitrogens is 2. The van der Waals surface area contributed by atoms with Crippen LogP contribution >= 0.6 is 0 Å². The minimum Gasteiger partial charge on any atom is -0.456 e. The van der Waals surface area contributed by atoms with E-state index in [0.29, 0.717) is 5.82 Å². The highest BCUT2D eigenvalue weighted by atomic mass is 16.3. The van der Waals surface area contributed by atoms with Crippen LogP contribution in [0.15, 0.2) is 108 Å². The predicted octanol–water partition coefficient (Wildman–Crippen LogP) is -17.2. The van der Waals surface area contributed by atoms with Crippen LogP contribution in [-0.4, -0.2) is 151 Å². The molecule has 0 saturated carbocycles. The number of hydrogen-bond donors (Lipinski definition) is 0. The van der Waals surface area contributed by atoms with Crippen molar-refractivity contribution >= 4 is 279 Å². The summed E-state index contributed by atoms with van der Waals surface area (Å²) in [6.07, 6.45) is 0. The molecule has 2 aromatic heterocycles. The topological polar surface area (TPSA) is 42.2 Å². The summed E-state index contributed by atoms with van der Waals surface area (Å²) in [6, 6.07) is 36.1. The fourth-order valence-corrected chi connectivity index (χ4v) is 12.2. The molecule has 0 N–H and O–H groups in total. The lowest BCUT2D eigenvalue weighted by atomic mass is 9.56.